The number of ether oxygens (including phenoxy) is 1. The monoisotopic (exact) mass is 344 g/mol. The number of amides is 1. The molecule has 7 nitrogen and oxygen atoms in total. The zero-order chi connectivity index (χ0) is 17.5. The SMILES string of the molecule is CCOC(=O)NC1CCCN(Cc2noc(Cc3ccccc3)n2)C1. The van der Waals surface area contributed by atoms with E-state index in [4.69, 9.17) is 9.26 Å². The molecule has 0 saturated carbocycles. The van der Waals surface area contributed by atoms with Crippen molar-refractivity contribution in [2.24, 2.45) is 0 Å². The number of alkyl carbamates (subject to hydrolysis) is 1. The third-order valence-corrected chi connectivity index (χ3v) is 4.18. The molecule has 1 aliphatic rings. The normalized spacial score (nSPS) is 18.0. The van der Waals surface area contributed by atoms with E-state index in [0.717, 1.165) is 31.5 Å². The van der Waals surface area contributed by atoms with Crippen LogP contribution in [0.25, 0.3) is 0 Å². The number of rotatable bonds is 6. The van der Waals surface area contributed by atoms with Crippen LogP contribution in [0, 0.1) is 0 Å². The van der Waals surface area contributed by atoms with E-state index in [9.17, 15) is 4.79 Å². The Hall–Kier alpha value is -2.41. The van der Waals surface area contributed by atoms with Crippen molar-refractivity contribution in [3.63, 3.8) is 0 Å². The van der Waals surface area contributed by atoms with Gasteiger partial charge in [-0.3, -0.25) is 4.90 Å². The van der Waals surface area contributed by atoms with Crippen LogP contribution in [0.5, 0.6) is 0 Å². The molecule has 0 bridgehead atoms. The lowest BCUT2D eigenvalue weighted by Crippen LogP contribution is -2.47. The van der Waals surface area contributed by atoms with Crippen molar-refractivity contribution in [2.75, 3.05) is 19.7 Å². The molecule has 7 heteroatoms. The second-order valence-electron chi connectivity index (χ2n) is 6.21. The summed E-state index contributed by atoms with van der Waals surface area (Å²) >= 11 is 0. The lowest BCUT2D eigenvalue weighted by molar-refractivity contribution is 0.131. The number of piperidine rings is 1. The number of carbonyl (C=O) groups excluding carboxylic acids is 1. The molecule has 134 valence electrons. The lowest BCUT2D eigenvalue weighted by Gasteiger charge is -2.31. The van der Waals surface area contributed by atoms with Crippen LogP contribution < -0.4 is 5.32 Å². The highest BCUT2D eigenvalue weighted by atomic mass is 16.5. The van der Waals surface area contributed by atoms with Crippen LogP contribution in [0.1, 0.15) is 37.0 Å². The van der Waals surface area contributed by atoms with Crippen molar-refractivity contribution in [3.05, 3.63) is 47.6 Å². The summed E-state index contributed by atoms with van der Waals surface area (Å²) in [6.45, 7) is 4.54. The largest absolute Gasteiger partial charge is 0.450 e. The van der Waals surface area contributed by atoms with Crippen molar-refractivity contribution < 1.29 is 14.1 Å². The van der Waals surface area contributed by atoms with Gasteiger partial charge < -0.3 is 14.6 Å². The molecule has 2 heterocycles. The minimum Gasteiger partial charge on any atom is -0.450 e. The van der Waals surface area contributed by atoms with Gasteiger partial charge in [-0.15, -0.1) is 0 Å². The summed E-state index contributed by atoms with van der Waals surface area (Å²) in [7, 11) is 0. The van der Waals surface area contributed by atoms with Crippen LogP contribution in [0.15, 0.2) is 34.9 Å². The number of hydrogen-bond donors (Lipinski definition) is 1. The number of benzene rings is 1. The average molecular weight is 344 g/mol. The van der Waals surface area contributed by atoms with Gasteiger partial charge in [0, 0.05) is 12.6 Å². The molecule has 0 aliphatic carbocycles. The maximum absolute atomic E-state index is 11.6. The van der Waals surface area contributed by atoms with Gasteiger partial charge in [0.2, 0.25) is 5.89 Å². The minimum absolute atomic E-state index is 0.100. The fourth-order valence-electron chi connectivity index (χ4n) is 3.05. The second kappa shape index (κ2) is 8.62. The summed E-state index contributed by atoms with van der Waals surface area (Å²) in [5.41, 5.74) is 1.15. The van der Waals surface area contributed by atoms with Gasteiger partial charge >= 0.3 is 6.09 Å². The molecule has 25 heavy (non-hydrogen) atoms. The first-order chi connectivity index (χ1) is 12.2. The number of likely N-dealkylation sites (tertiary alicyclic amines) is 1. The molecule has 1 aliphatic heterocycles. The molecule has 1 saturated heterocycles. The molecular weight excluding hydrogens is 320 g/mol. The molecule has 2 aromatic rings. The Balaban J connectivity index is 1.51. The van der Waals surface area contributed by atoms with Gasteiger partial charge in [0.25, 0.3) is 0 Å². The molecule has 1 unspecified atom stereocenters. The Morgan fingerprint density at radius 3 is 3.04 bits per heavy atom. The van der Waals surface area contributed by atoms with E-state index in [1.807, 2.05) is 30.3 Å². The molecule has 0 radical (unpaired) electrons. The molecule has 0 spiro atoms. The maximum atomic E-state index is 11.6. The third kappa shape index (κ3) is 5.29. The Morgan fingerprint density at radius 2 is 2.24 bits per heavy atom. The van der Waals surface area contributed by atoms with E-state index < -0.39 is 0 Å². The maximum Gasteiger partial charge on any atom is 0.407 e. The highest BCUT2D eigenvalue weighted by Gasteiger charge is 2.23. The summed E-state index contributed by atoms with van der Waals surface area (Å²) in [6, 6.07) is 10.2. The summed E-state index contributed by atoms with van der Waals surface area (Å²) in [5.74, 6) is 1.31. The van der Waals surface area contributed by atoms with E-state index in [2.05, 4.69) is 20.4 Å². The van der Waals surface area contributed by atoms with E-state index in [0.29, 0.717) is 31.3 Å². The number of carbonyl (C=O) groups is 1. The Morgan fingerprint density at radius 1 is 1.40 bits per heavy atom. The van der Waals surface area contributed by atoms with Gasteiger partial charge in [0.1, 0.15) is 0 Å². The number of hydrogen-bond acceptors (Lipinski definition) is 6. The molecule has 1 aromatic heterocycles. The van der Waals surface area contributed by atoms with Gasteiger partial charge in [-0.2, -0.15) is 4.98 Å². The zero-order valence-corrected chi connectivity index (χ0v) is 14.5. The first-order valence-corrected chi connectivity index (χ1v) is 8.74. The Kier molecular flexibility index (Phi) is 6.00. The molecule has 1 aromatic carbocycles. The fourth-order valence-corrected chi connectivity index (χ4v) is 3.05. The quantitative estimate of drug-likeness (QED) is 0.866. The fraction of sp³-hybridized carbons (Fsp3) is 0.500. The van der Waals surface area contributed by atoms with Crippen molar-refractivity contribution in [1.82, 2.24) is 20.4 Å². The molecule has 1 amide bonds. The zero-order valence-electron chi connectivity index (χ0n) is 14.5. The predicted octanol–water partition coefficient (Wildman–Crippen LogP) is 2.37. The second-order valence-corrected chi connectivity index (χ2v) is 6.21. The smallest absolute Gasteiger partial charge is 0.407 e. The summed E-state index contributed by atoms with van der Waals surface area (Å²) < 4.78 is 10.3. The van der Waals surface area contributed by atoms with Crippen LogP contribution in [-0.2, 0) is 17.7 Å². The van der Waals surface area contributed by atoms with E-state index in [-0.39, 0.29) is 12.1 Å². The van der Waals surface area contributed by atoms with Crippen molar-refractivity contribution in [2.45, 2.75) is 38.8 Å². The van der Waals surface area contributed by atoms with Crippen LogP contribution >= 0.6 is 0 Å². The molecule has 3 rings (SSSR count). The van der Waals surface area contributed by atoms with Gasteiger partial charge in [0.15, 0.2) is 5.82 Å². The van der Waals surface area contributed by atoms with Crippen molar-refractivity contribution >= 4 is 6.09 Å². The first-order valence-electron chi connectivity index (χ1n) is 8.74. The summed E-state index contributed by atoms with van der Waals surface area (Å²) in [4.78, 5) is 18.3. The molecule has 1 N–H and O–H groups in total. The third-order valence-electron chi connectivity index (χ3n) is 4.18. The van der Waals surface area contributed by atoms with Crippen LogP contribution in [0.2, 0.25) is 0 Å². The van der Waals surface area contributed by atoms with E-state index >= 15 is 0 Å². The Labute approximate surface area is 147 Å². The molecule has 1 fully saturated rings. The van der Waals surface area contributed by atoms with Crippen LogP contribution in [0.4, 0.5) is 4.79 Å². The summed E-state index contributed by atoms with van der Waals surface area (Å²) in [6.07, 6.45) is 2.27. The van der Waals surface area contributed by atoms with Gasteiger partial charge in [0.05, 0.1) is 19.6 Å². The predicted molar refractivity (Wildman–Crippen MR) is 92.0 cm³/mol. The Bertz CT molecular complexity index is 674. The van der Waals surface area contributed by atoms with E-state index in [1.165, 1.54) is 0 Å². The van der Waals surface area contributed by atoms with Gasteiger partial charge in [-0.05, 0) is 31.9 Å². The molecule has 1 atom stereocenters. The highest BCUT2D eigenvalue weighted by Crippen LogP contribution is 2.14. The standard InChI is InChI=1S/C18H24N4O3/c1-2-24-18(23)19-15-9-6-10-22(12-15)13-16-20-17(25-21-16)11-14-7-4-3-5-8-14/h3-5,7-8,15H,2,6,9-13H2,1H3,(H,19,23). The molecular formula is C18H24N4O3. The lowest BCUT2D eigenvalue weighted by atomic mass is 10.1. The van der Waals surface area contributed by atoms with Gasteiger partial charge in [-0.25, -0.2) is 4.79 Å². The van der Waals surface area contributed by atoms with E-state index in [1.54, 1.807) is 6.92 Å². The summed E-state index contributed by atoms with van der Waals surface area (Å²) in [5, 5.41) is 6.99. The van der Waals surface area contributed by atoms with Crippen molar-refractivity contribution in [1.29, 1.82) is 0 Å². The minimum atomic E-state index is -0.348. The van der Waals surface area contributed by atoms with Crippen LogP contribution in [-0.4, -0.2) is 46.9 Å². The van der Waals surface area contributed by atoms with Gasteiger partial charge in [-0.1, -0.05) is 35.5 Å². The van der Waals surface area contributed by atoms with Crippen molar-refractivity contribution in [3.8, 4) is 0 Å². The topological polar surface area (TPSA) is 80.5 Å². The number of aromatic nitrogens is 2. The first kappa shape index (κ1) is 17.4. The highest BCUT2D eigenvalue weighted by molar-refractivity contribution is 5.67. The average Bonchev–Trinajstić information content (AvgIpc) is 3.03. The number of nitrogens with one attached hydrogen (secondary N) is 1. The van der Waals surface area contributed by atoms with Crippen LogP contribution in [0.3, 0.4) is 0 Å². The number of nitrogens with zero attached hydrogens (tertiary/aromatic N) is 3.